The molecule has 1 aromatic heterocycles. The van der Waals surface area contributed by atoms with Gasteiger partial charge in [-0.05, 0) is 40.0 Å². The number of aromatic carboxylic acids is 1. The van der Waals surface area contributed by atoms with Gasteiger partial charge in [-0.3, -0.25) is 9.80 Å². The molecule has 0 aromatic carbocycles. The van der Waals surface area contributed by atoms with E-state index in [1.54, 1.807) is 6.07 Å². The Hall–Kier alpha value is -1.33. The lowest BCUT2D eigenvalue weighted by Crippen LogP contribution is -2.57. The van der Waals surface area contributed by atoms with E-state index in [9.17, 15) is 4.79 Å². The lowest BCUT2D eigenvalue weighted by molar-refractivity contribution is 0.0152. The highest BCUT2D eigenvalue weighted by Gasteiger charge is 2.34. The monoisotopic (exact) mass is 266 g/mol. The minimum Gasteiger partial charge on any atom is -0.475 e. The van der Waals surface area contributed by atoms with E-state index in [4.69, 9.17) is 9.52 Å². The van der Waals surface area contributed by atoms with Crippen molar-refractivity contribution in [1.82, 2.24) is 9.80 Å². The molecule has 0 saturated carbocycles. The molecule has 19 heavy (non-hydrogen) atoms. The molecular formula is C14H22N2O3. The Morgan fingerprint density at radius 1 is 1.42 bits per heavy atom. The normalized spacial score (nSPS) is 22.3. The summed E-state index contributed by atoms with van der Waals surface area (Å²) < 4.78 is 5.40. The summed E-state index contributed by atoms with van der Waals surface area (Å²) in [5, 5.41) is 8.89. The summed E-state index contributed by atoms with van der Waals surface area (Å²) in [7, 11) is 2.14. The van der Waals surface area contributed by atoms with E-state index in [0.717, 1.165) is 25.4 Å². The second-order valence-corrected chi connectivity index (χ2v) is 5.89. The Labute approximate surface area is 113 Å². The first-order chi connectivity index (χ1) is 8.81. The van der Waals surface area contributed by atoms with E-state index in [0.29, 0.717) is 0 Å². The zero-order chi connectivity index (χ0) is 14.2. The molecule has 0 bridgehead atoms. The molecular weight excluding hydrogens is 244 g/mol. The van der Waals surface area contributed by atoms with Gasteiger partial charge in [0.1, 0.15) is 5.76 Å². The minimum absolute atomic E-state index is 0.00948. The van der Waals surface area contributed by atoms with Gasteiger partial charge in [0.05, 0.1) is 6.04 Å². The molecule has 1 aliphatic heterocycles. The van der Waals surface area contributed by atoms with Crippen molar-refractivity contribution in [2.24, 2.45) is 0 Å². The molecule has 1 saturated heterocycles. The predicted molar refractivity (Wildman–Crippen MR) is 72.4 cm³/mol. The molecule has 0 radical (unpaired) electrons. The van der Waals surface area contributed by atoms with Crippen LogP contribution in [0.4, 0.5) is 0 Å². The first-order valence-corrected chi connectivity index (χ1v) is 6.59. The Balaban J connectivity index is 2.11. The number of hydrogen-bond acceptors (Lipinski definition) is 4. The number of carboxylic acids is 1. The van der Waals surface area contributed by atoms with Crippen molar-refractivity contribution in [3.05, 3.63) is 23.7 Å². The van der Waals surface area contributed by atoms with Crippen LogP contribution >= 0.6 is 0 Å². The largest absolute Gasteiger partial charge is 0.475 e. The van der Waals surface area contributed by atoms with Crippen LogP contribution in [0, 0.1) is 0 Å². The molecule has 1 N–H and O–H groups in total. The lowest BCUT2D eigenvalue weighted by atomic mass is 9.98. The number of carboxylic acid groups (broad SMARTS) is 1. The highest BCUT2D eigenvalue weighted by atomic mass is 16.4. The molecule has 1 unspecified atom stereocenters. The molecule has 1 aliphatic rings. The summed E-state index contributed by atoms with van der Waals surface area (Å²) >= 11 is 0. The SMILES string of the molecule is CC(c1ccc(C(=O)O)o1)N1CCN(C)C(C)(C)C1. The number of rotatable bonds is 3. The van der Waals surface area contributed by atoms with Crippen LogP contribution in [0.1, 0.15) is 43.1 Å². The standard InChI is InChI=1S/C14H22N2O3/c1-10(11-5-6-12(19-11)13(17)18)16-8-7-15(4)14(2,3)9-16/h5-6,10H,7-9H2,1-4H3,(H,17,18). The third kappa shape index (κ3) is 2.82. The number of likely N-dealkylation sites (N-methyl/N-ethyl adjacent to an activating group) is 1. The second kappa shape index (κ2) is 4.98. The van der Waals surface area contributed by atoms with Crippen LogP contribution < -0.4 is 0 Å². The van der Waals surface area contributed by atoms with Crippen molar-refractivity contribution in [2.75, 3.05) is 26.7 Å². The van der Waals surface area contributed by atoms with Gasteiger partial charge in [0, 0.05) is 25.2 Å². The van der Waals surface area contributed by atoms with Gasteiger partial charge in [0.2, 0.25) is 5.76 Å². The summed E-state index contributed by atoms with van der Waals surface area (Å²) in [6, 6.07) is 3.38. The van der Waals surface area contributed by atoms with E-state index in [1.165, 1.54) is 6.07 Å². The number of carbonyl (C=O) groups is 1. The van der Waals surface area contributed by atoms with Gasteiger partial charge in [0.15, 0.2) is 0 Å². The maximum atomic E-state index is 10.8. The van der Waals surface area contributed by atoms with Gasteiger partial charge in [-0.15, -0.1) is 0 Å². The molecule has 5 heteroatoms. The lowest BCUT2D eigenvalue weighted by Gasteiger charge is -2.47. The van der Waals surface area contributed by atoms with E-state index in [1.807, 2.05) is 0 Å². The molecule has 1 fully saturated rings. The fourth-order valence-corrected chi connectivity index (χ4v) is 2.48. The molecule has 106 valence electrons. The van der Waals surface area contributed by atoms with E-state index < -0.39 is 5.97 Å². The number of furan rings is 1. The average molecular weight is 266 g/mol. The van der Waals surface area contributed by atoms with Gasteiger partial charge in [-0.2, -0.15) is 0 Å². The van der Waals surface area contributed by atoms with Crippen molar-refractivity contribution in [2.45, 2.75) is 32.4 Å². The molecule has 0 spiro atoms. The fraction of sp³-hybridized carbons (Fsp3) is 0.643. The number of piperazine rings is 1. The quantitative estimate of drug-likeness (QED) is 0.907. The second-order valence-electron chi connectivity index (χ2n) is 5.89. The van der Waals surface area contributed by atoms with Crippen molar-refractivity contribution in [1.29, 1.82) is 0 Å². The van der Waals surface area contributed by atoms with Crippen molar-refractivity contribution < 1.29 is 14.3 Å². The van der Waals surface area contributed by atoms with E-state index >= 15 is 0 Å². The zero-order valence-electron chi connectivity index (χ0n) is 12.0. The molecule has 2 rings (SSSR count). The third-order valence-corrected chi connectivity index (χ3v) is 4.14. The third-order valence-electron chi connectivity index (χ3n) is 4.14. The average Bonchev–Trinajstić information content (AvgIpc) is 2.81. The smallest absolute Gasteiger partial charge is 0.371 e. The Morgan fingerprint density at radius 2 is 2.11 bits per heavy atom. The summed E-state index contributed by atoms with van der Waals surface area (Å²) in [5.41, 5.74) is 0.120. The van der Waals surface area contributed by atoms with E-state index in [2.05, 4.69) is 37.6 Å². The zero-order valence-corrected chi connectivity index (χ0v) is 12.0. The first kappa shape index (κ1) is 14.1. The highest BCUT2D eigenvalue weighted by Crippen LogP contribution is 2.28. The van der Waals surface area contributed by atoms with Crippen molar-refractivity contribution in [3.8, 4) is 0 Å². The van der Waals surface area contributed by atoms with Crippen LogP contribution in [0.3, 0.4) is 0 Å². The van der Waals surface area contributed by atoms with Crippen LogP contribution in [-0.4, -0.2) is 53.1 Å². The van der Waals surface area contributed by atoms with Gasteiger partial charge in [0.25, 0.3) is 0 Å². The van der Waals surface area contributed by atoms with Gasteiger partial charge >= 0.3 is 5.97 Å². The van der Waals surface area contributed by atoms with E-state index in [-0.39, 0.29) is 17.3 Å². The Kier molecular flexibility index (Phi) is 3.69. The summed E-state index contributed by atoms with van der Waals surface area (Å²) in [6.07, 6.45) is 0. The van der Waals surface area contributed by atoms with Crippen LogP contribution in [0.2, 0.25) is 0 Å². The van der Waals surface area contributed by atoms with Crippen LogP contribution in [0.5, 0.6) is 0 Å². The minimum atomic E-state index is -1.02. The Bertz CT molecular complexity index is 467. The van der Waals surface area contributed by atoms with Gasteiger partial charge < -0.3 is 9.52 Å². The Morgan fingerprint density at radius 3 is 2.63 bits per heavy atom. The number of hydrogen-bond donors (Lipinski definition) is 1. The summed E-state index contributed by atoms with van der Waals surface area (Å²) in [5.74, 6) is -0.287. The molecule has 5 nitrogen and oxygen atoms in total. The fourth-order valence-electron chi connectivity index (χ4n) is 2.48. The molecule has 1 atom stereocenters. The highest BCUT2D eigenvalue weighted by molar-refractivity contribution is 5.84. The molecule has 0 aliphatic carbocycles. The maximum Gasteiger partial charge on any atom is 0.371 e. The van der Waals surface area contributed by atoms with Crippen LogP contribution in [0.25, 0.3) is 0 Å². The number of nitrogens with zero attached hydrogens (tertiary/aromatic N) is 2. The van der Waals surface area contributed by atoms with Crippen LogP contribution in [0.15, 0.2) is 16.5 Å². The van der Waals surface area contributed by atoms with Crippen molar-refractivity contribution in [3.63, 3.8) is 0 Å². The maximum absolute atomic E-state index is 10.8. The summed E-state index contributed by atoms with van der Waals surface area (Å²) in [4.78, 5) is 15.5. The van der Waals surface area contributed by atoms with Gasteiger partial charge in [-0.1, -0.05) is 0 Å². The van der Waals surface area contributed by atoms with Gasteiger partial charge in [-0.25, -0.2) is 4.79 Å². The molecule has 0 amide bonds. The topological polar surface area (TPSA) is 56.9 Å². The van der Waals surface area contributed by atoms with Crippen LogP contribution in [-0.2, 0) is 0 Å². The predicted octanol–water partition coefficient (Wildman–Crippen LogP) is 2.06. The molecule has 1 aromatic rings. The van der Waals surface area contributed by atoms with Crippen molar-refractivity contribution >= 4 is 5.97 Å². The summed E-state index contributed by atoms with van der Waals surface area (Å²) in [6.45, 7) is 9.40. The first-order valence-electron chi connectivity index (χ1n) is 6.59. The molecule has 2 heterocycles.